The standard InChI is InChI=1S/C12H13FN4/c1-17(10-4-2-9(13)3-5-10)12-11(8-14)15-6-7-16-12/h2-7H,8,14H2,1H3. The van der Waals surface area contributed by atoms with Crippen LogP contribution in [-0.2, 0) is 6.54 Å². The van der Waals surface area contributed by atoms with E-state index in [0.717, 1.165) is 5.69 Å². The highest BCUT2D eigenvalue weighted by Gasteiger charge is 2.10. The predicted octanol–water partition coefficient (Wildman–Crippen LogP) is 1.84. The Bertz CT molecular complexity index is 498. The van der Waals surface area contributed by atoms with Crippen LogP contribution in [0.25, 0.3) is 0 Å². The van der Waals surface area contributed by atoms with E-state index in [2.05, 4.69) is 9.97 Å². The molecule has 0 aliphatic carbocycles. The van der Waals surface area contributed by atoms with E-state index in [9.17, 15) is 4.39 Å². The van der Waals surface area contributed by atoms with E-state index in [-0.39, 0.29) is 5.82 Å². The van der Waals surface area contributed by atoms with Gasteiger partial charge in [0.05, 0.1) is 5.69 Å². The molecular formula is C12H13FN4. The van der Waals surface area contributed by atoms with Crippen molar-refractivity contribution in [1.82, 2.24) is 9.97 Å². The number of nitrogens with two attached hydrogens (primary N) is 1. The Labute approximate surface area is 98.9 Å². The molecule has 0 aliphatic rings. The fourth-order valence-electron chi connectivity index (χ4n) is 1.57. The van der Waals surface area contributed by atoms with Crippen molar-refractivity contribution in [2.75, 3.05) is 11.9 Å². The summed E-state index contributed by atoms with van der Waals surface area (Å²) in [6, 6.07) is 6.18. The first-order chi connectivity index (χ1) is 8.22. The van der Waals surface area contributed by atoms with Gasteiger partial charge in [-0.25, -0.2) is 9.37 Å². The minimum absolute atomic E-state index is 0.264. The van der Waals surface area contributed by atoms with Crippen LogP contribution in [0.2, 0.25) is 0 Å². The highest BCUT2D eigenvalue weighted by Crippen LogP contribution is 2.23. The molecule has 1 aromatic carbocycles. The molecule has 0 atom stereocenters. The average Bonchev–Trinajstić information content (AvgIpc) is 2.39. The van der Waals surface area contributed by atoms with Gasteiger partial charge >= 0.3 is 0 Å². The lowest BCUT2D eigenvalue weighted by Gasteiger charge is -2.19. The zero-order chi connectivity index (χ0) is 12.3. The number of aromatic nitrogens is 2. The van der Waals surface area contributed by atoms with Crippen molar-refractivity contribution >= 4 is 11.5 Å². The first kappa shape index (κ1) is 11.5. The predicted molar refractivity (Wildman–Crippen MR) is 64.4 cm³/mol. The van der Waals surface area contributed by atoms with Crippen molar-refractivity contribution < 1.29 is 4.39 Å². The number of hydrogen-bond acceptors (Lipinski definition) is 4. The summed E-state index contributed by atoms with van der Waals surface area (Å²) >= 11 is 0. The average molecular weight is 232 g/mol. The minimum atomic E-state index is -0.264. The molecule has 0 amide bonds. The van der Waals surface area contributed by atoms with Gasteiger partial charge in [0.25, 0.3) is 0 Å². The van der Waals surface area contributed by atoms with Crippen LogP contribution in [0.4, 0.5) is 15.9 Å². The van der Waals surface area contributed by atoms with Gasteiger partial charge in [-0.1, -0.05) is 0 Å². The number of halogens is 1. The lowest BCUT2D eigenvalue weighted by molar-refractivity contribution is 0.628. The Morgan fingerprint density at radius 2 is 1.82 bits per heavy atom. The van der Waals surface area contributed by atoms with E-state index in [4.69, 9.17) is 5.73 Å². The maximum atomic E-state index is 12.8. The number of nitrogens with zero attached hydrogens (tertiary/aromatic N) is 3. The number of rotatable bonds is 3. The van der Waals surface area contributed by atoms with Crippen LogP contribution in [-0.4, -0.2) is 17.0 Å². The van der Waals surface area contributed by atoms with E-state index in [1.54, 1.807) is 24.5 Å². The van der Waals surface area contributed by atoms with Gasteiger partial charge in [-0.15, -0.1) is 0 Å². The summed E-state index contributed by atoms with van der Waals surface area (Å²) in [4.78, 5) is 10.2. The summed E-state index contributed by atoms with van der Waals surface area (Å²) in [7, 11) is 1.84. The van der Waals surface area contributed by atoms with E-state index in [0.29, 0.717) is 18.1 Å². The Kier molecular flexibility index (Phi) is 3.30. The molecule has 0 aliphatic heterocycles. The topological polar surface area (TPSA) is 55.0 Å². The summed E-state index contributed by atoms with van der Waals surface area (Å²) < 4.78 is 12.8. The third-order valence-corrected chi connectivity index (χ3v) is 2.48. The first-order valence-corrected chi connectivity index (χ1v) is 5.21. The molecular weight excluding hydrogens is 219 g/mol. The molecule has 2 rings (SSSR count). The molecule has 0 fully saturated rings. The van der Waals surface area contributed by atoms with Crippen molar-refractivity contribution in [1.29, 1.82) is 0 Å². The van der Waals surface area contributed by atoms with Crippen LogP contribution in [0.15, 0.2) is 36.7 Å². The van der Waals surface area contributed by atoms with Crippen LogP contribution in [0.5, 0.6) is 0 Å². The lowest BCUT2D eigenvalue weighted by Crippen LogP contribution is -2.16. The molecule has 0 bridgehead atoms. The van der Waals surface area contributed by atoms with Gasteiger partial charge in [0.1, 0.15) is 5.82 Å². The van der Waals surface area contributed by atoms with Crippen LogP contribution in [0.3, 0.4) is 0 Å². The first-order valence-electron chi connectivity index (χ1n) is 5.21. The van der Waals surface area contributed by atoms with Crippen molar-refractivity contribution in [2.45, 2.75) is 6.54 Å². The fraction of sp³-hybridized carbons (Fsp3) is 0.167. The van der Waals surface area contributed by atoms with Crippen LogP contribution in [0.1, 0.15) is 5.69 Å². The van der Waals surface area contributed by atoms with E-state index < -0.39 is 0 Å². The maximum Gasteiger partial charge on any atom is 0.155 e. The minimum Gasteiger partial charge on any atom is -0.328 e. The molecule has 5 heteroatoms. The smallest absolute Gasteiger partial charge is 0.155 e. The Morgan fingerprint density at radius 1 is 1.18 bits per heavy atom. The highest BCUT2D eigenvalue weighted by atomic mass is 19.1. The van der Waals surface area contributed by atoms with Crippen LogP contribution < -0.4 is 10.6 Å². The molecule has 0 saturated carbocycles. The third-order valence-electron chi connectivity index (χ3n) is 2.48. The second-order valence-electron chi connectivity index (χ2n) is 3.57. The van der Waals surface area contributed by atoms with Gasteiger partial charge in [0.2, 0.25) is 0 Å². The largest absolute Gasteiger partial charge is 0.328 e. The van der Waals surface area contributed by atoms with Gasteiger partial charge in [-0.3, -0.25) is 4.98 Å². The molecule has 2 N–H and O–H groups in total. The monoisotopic (exact) mass is 232 g/mol. The van der Waals surface area contributed by atoms with Crippen molar-refractivity contribution in [2.24, 2.45) is 5.73 Å². The van der Waals surface area contributed by atoms with Gasteiger partial charge in [0, 0.05) is 31.7 Å². The van der Waals surface area contributed by atoms with Crippen LogP contribution in [0, 0.1) is 5.82 Å². The van der Waals surface area contributed by atoms with Gasteiger partial charge in [0.15, 0.2) is 5.82 Å². The summed E-state index contributed by atoms with van der Waals surface area (Å²) in [5, 5.41) is 0. The molecule has 4 nitrogen and oxygen atoms in total. The molecule has 0 saturated heterocycles. The van der Waals surface area contributed by atoms with Gasteiger partial charge in [-0.05, 0) is 24.3 Å². The SMILES string of the molecule is CN(c1ccc(F)cc1)c1nccnc1CN. The van der Waals surface area contributed by atoms with E-state index >= 15 is 0 Å². The molecule has 1 aromatic heterocycles. The zero-order valence-electron chi connectivity index (χ0n) is 9.47. The van der Waals surface area contributed by atoms with E-state index in [1.165, 1.54) is 12.1 Å². The van der Waals surface area contributed by atoms with Crippen molar-refractivity contribution in [3.05, 3.63) is 48.2 Å². The molecule has 1 heterocycles. The molecule has 0 spiro atoms. The molecule has 2 aromatic rings. The van der Waals surface area contributed by atoms with Crippen molar-refractivity contribution in [3.63, 3.8) is 0 Å². The molecule has 0 radical (unpaired) electrons. The lowest BCUT2D eigenvalue weighted by atomic mass is 10.2. The Morgan fingerprint density at radius 3 is 2.47 bits per heavy atom. The van der Waals surface area contributed by atoms with Gasteiger partial charge < -0.3 is 10.6 Å². The zero-order valence-corrected chi connectivity index (χ0v) is 9.47. The third kappa shape index (κ3) is 2.39. The summed E-state index contributed by atoms with van der Waals surface area (Å²) in [6.45, 7) is 0.314. The summed E-state index contributed by atoms with van der Waals surface area (Å²) in [6.07, 6.45) is 3.21. The quantitative estimate of drug-likeness (QED) is 0.877. The molecule has 88 valence electrons. The van der Waals surface area contributed by atoms with E-state index in [1.807, 2.05) is 11.9 Å². The number of anilines is 2. The number of hydrogen-bond donors (Lipinski definition) is 1. The maximum absolute atomic E-state index is 12.8. The Hall–Kier alpha value is -2.01. The summed E-state index contributed by atoms with van der Waals surface area (Å²) in [5.74, 6) is 0.418. The second kappa shape index (κ2) is 4.88. The normalized spacial score (nSPS) is 10.3. The second-order valence-corrected chi connectivity index (χ2v) is 3.57. The highest BCUT2D eigenvalue weighted by molar-refractivity contribution is 5.60. The fourth-order valence-corrected chi connectivity index (χ4v) is 1.57. The Balaban J connectivity index is 2.36. The van der Waals surface area contributed by atoms with Crippen LogP contribution >= 0.6 is 0 Å². The summed E-state index contributed by atoms with van der Waals surface area (Å²) in [5.41, 5.74) is 7.14. The van der Waals surface area contributed by atoms with Crippen molar-refractivity contribution in [3.8, 4) is 0 Å². The van der Waals surface area contributed by atoms with Gasteiger partial charge in [-0.2, -0.15) is 0 Å². The number of benzene rings is 1. The molecule has 17 heavy (non-hydrogen) atoms. The molecule has 0 unspecified atom stereocenters.